The van der Waals surface area contributed by atoms with E-state index in [2.05, 4.69) is 5.32 Å². The molecule has 3 unspecified atom stereocenters. The number of ether oxygens (including phenoxy) is 1. The van der Waals surface area contributed by atoms with Crippen LogP contribution in [0.15, 0.2) is 24.3 Å². The molecule has 1 saturated carbocycles. The van der Waals surface area contributed by atoms with Gasteiger partial charge in [0.05, 0.1) is 6.10 Å². The van der Waals surface area contributed by atoms with Crippen LogP contribution in [0.4, 0.5) is 4.39 Å². The van der Waals surface area contributed by atoms with Crippen molar-refractivity contribution in [2.45, 2.75) is 44.9 Å². The maximum Gasteiger partial charge on any atom is 0.241 e. The van der Waals surface area contributed by atoms with Gasteiger partial charge >= 0.3 is 0 Å². The average Bonchev–Trinajstić information content (AvgIpc) is 2.53. The minimum atomic E-state index is -0.955. The van der Waals surface area contributed by atoms with Gasteiger partial charge in [0.1, 0.15) is 11.4 Å². The fraction of sp³-hybridized carbons (Fsp3) is 0.588. The Hall–Kier alpha value is -1.46. The van der Waals surface area contributed by atoms with Crippen LogP contribution < -0.4 is 11.1 Å². The number of halogens is 1. The van der Waals surface area contributed by atoms with Gasteiger partial charge in [-0.25, -0.2) is 4.39 Å². The van der Waals surface area contributed by atoms with Crippen molar-refractivity contribution in [2.75, 3.05) is 6.61 Å². The first kappa shape index (κ1) is 15.4. The highest BCUT2D eigenvalue weighted by Crippen LogP contribution is 2.57. The third kappa shape index (κ3) is 2.07. The Labute approximate surface area is 130 Å². The molecule has 3 atom stereocenters. The van der Waals surface area contributed by atoms with Gasteiger partial charge in [-0.15, -0.1) is 0 Å². The summed E-state index contributed by atoms with van der Waals surface area (Å²) in [4.78, 5) is 12.7. The summed E-state index contributed by atoms with van der Waals surface area (Å²) < 4.78 is 19.5. The van der Waals surface area contributed by atoms with E-state index in [-0.39, 0.29) is 30.3 Å². The van der Waals surface area contributed by atoms with Crippen molar-refractivity contribution < 1.29 is 13.9 Å². The molecule has 22 heavy (non-hydrogen) atoms. The lowest BCUT2D eigenvalue weighted by Crippen LogP contribution is -2.82. The van der Waals surface area contributed by atoms with Gasteiger partial charge in [-0.2, -0.15) is 0 Å². The molecule has 1 aliphatic carbocycles. The summed E-state index contributed by atoms with van der Waals surface area (Å²) in [6.45, 7) is 4.83. The van der Waals surface area contributed by atoms with Crippen LogP contribution in [0.5, 0.6) is 0 Å². The van der Waals surface area contributed by atoms with Crippen LogP contribution in [0.3, 0.4) is 0 Å². The van der Waals surface area contributed by atoms with Gasteiger partial charge in [0.15, 0.2) is 0 Å². The molecule has 1 aromatic carbocycles. The number of amides is 1. The SMILES string of the molecule is CC1(C)C2OCCCC2C1(N)C(=O)NCc1ccccc1F. The van der Waals surface area contributed by atoms with Crippen molar-refractivity contribution in [3.8, 4) is 0 Å². The number of carbonyl (C=O) groups is 1. The van der Waals surface area contributed by atoms with Gasteiger partial charge in [0.25, 0.3) is 0 Å². The lowest BCUT2D eigenvalue weighted by Gasteiger charge is -2.65. The number of hydrogen-bond donors (Lipinski definition) is 2. The van der Waals surface area contributed by atoms with Crippen molar-refractivity contribution in [3.63, 3.8) is 0 Å². The first-order valence-electron chi connectivity index (χ1n) is 7.81. The van der Waals surface area contributed by atoms with E-state index in [1.807, 2.05) is 13.8 Å². The molecule has 1 heterocycles. The van der Waals surface area contributed by atoms with E-state index in [9.17, 15) is 9.18 Å². The smallest absolute Gasteiger partial charge is 0.241 e. The Morgan fingerprint density at radius 2 is 2.18 bits per heavy atom. The molecule has 0 aromatic heterocycles. The Kier molecular flexibility index (Phi) is 3.73. The van der Waals surface area contributed by atoms with Gasteiger partial charge in [0, 0.05) is 30.0 Å². The predicted octanol–water partition coefficient (Wildman–Crippen LogP) is 1.97. The number of benzene rings is 1. The minimum Gasteiger partial charge on any atom is -0.377 e. The quantitative estimate of drug-likeness (QED) is 0.897. The normalized spacial score (nSPS) is 32.7. The highest BCUT2D eigenvalue weighted by atomic mass is 19.1. The zero-order chi connectivity index (χ0) is 16.0. The summed E-state index contributed by atoms with van der Waals surface area (Å²) in [5.74, 6) is -0.495. The zero-order valence-electron chi connectivity index (χ0n) is 13.1. The van der Waals surface area contributed by atoms with E-state index in [1.165, 1.54) is 6.07 Å². The Balaban J connectivity index is 1.73. The van der Waals surface area contributed by atoms with E-state index in [0.717, 1.165) is 19.4 Å². The average molecular weight is 306 g/mol. The molecule has 0 radical (unpaired) electrons. The van der Waals surface area contributed by atoms with Crippen LogP contribution in [0.2, 0.25) is 0 Å². The second-order valence-corrected chi connectivity index (χ2v) is 6.90. The molecule has 1 amide bonds. The number of carbonyl (C=O) groups excluding carboxylic acids is 1. The molecule has 120 valence electrons. The topological polar surface area (TPSA) is 64.3 Å². The molecule has 2 fully saturated rings. The van der Waals surface area contributed by atoms with Crippen molar-refractivity contribution in [2.24, 2.45) is 17.1 Å². The van der Waals surface area contributed by atoms with Gasteiger partial charge in [0.2, 0.25) is 5.91 Å². The lowest BCUT2D eigenvalue weighted by molar-refractivity contribution is -0.225. The minimum absolute atomic E-state index is 0.0328. The van der Waals surface area contributed by atoms with E-state index in [0.29, 0.717) is 5.56 Å². The van der Waals surface area contributed by atoms with E-state index in [4.69, 9.17) is 10.5 Å². The maximum atomic E-state index is 13.7. The van der Waals surface area contributed by atoms with E-state index < -0.39 is 11.0 Å². The van der Waals surface area contributed by atoms with Crippen LogP contribution in [-0.4, -0.2) is 24.2 Å². The number of rotatable bonds is 3. The summed E-state index contributed by atoms with van der Waals surface area (Å²) >= 11 is 0. The Bertz CT molecular complexity index is 590. The first-order valence-corrected chi connectivity index (χ1v) is 7.81. The van der Waals surface area contributed by atoms with Crippen LogP contribution in [0.25, 0.3) is 0 Å². The molecule has 5 heteroatoms. The maximum absolute atomic E-state index is 13.7. The van der Waals surface area contributed by atoms with Crippen LogP contribution in [0.1, 0.15) is 32.3 Å². The molecular weight excluding hydrogens is 283 g/mol. The summed E-state index contributed by atoms with van der Waals surface area (Å²) in [5.41, 5.74) is 5.59. The standard InChI is InChI=1S/C17H23FN2O2/c1-16(2)14-12(7-5-9-22-14)17(16,19)15(21)20-10-11-6-3-4-8-13(11)18/h3-4,6,8,12,14H,5,7,9-10,19H2,1-2H3,(H,20,21). The number of hydrogen-bond acceptors (Lipinski definition) is 3. The number of fused-ring (bicyclic) bond motifs is 1. The third-order valence-electron chi connectivity index (χ3n) is 5.46. The fourth-order valence-corrected chi connectivity index (χ4v) is 4.00. The second kappa shape index (κ2) is 5.32. The first-order chi connectivity index (χ1) is 10.4. The van der Waals surface area contributed by atoms with Crippen LogP contribution in [-0.2, 0) is 16.1 Å². The van der Waals surface area contributed by atoms with Crippen molar-refractivity contribution >= 4 is 5.91 Å². The lowest BCUT2D eigenvalue weighted by atomic mass is 9.46. The number of nitrogens with one attached hydrogen (secondary N) is 1. The van der Waals surface area contributed by atoms with Crippen molar-refractivity contribution in [3.05, 3.63) is 35.6 Å². The highest BCUT2D eigenvalue weighted by Gasteiger charge is 2.70. The molecule has 0 spiro atoms. The van der Waals surface area contributed by atoms with Crippen molar-refractivity contribution in [1.82, 2.24) is 5.32 Å². The molecule has 1 aliphatic heterocycles. The molecule has 3 rings (SSSR count). The molecule has 2 aliphatic rings. The van der Waals surface area contributed by atoms with Gasteiger partial charge in [-0.05, 0) is 18.9 Å². The van der Waals surface area contributed by atoms with Gasteiger partial charge in [-0.3, -0.25) is 4.79 Å². The van der Waals surface area contributed by atoms with Crippen molar-refractivity contribution in [1.29, 1.82) is 0 Å². The molecule has 4 nitrogen and oxygen atoms in total. The molecule has 1 saturated heterocycles. The fourth-order valence-electron chi connectivity index (χ4n) is 4.00. The van der Waals surface area contributed by atoms with E-state index in [1.54, 1.807) is 18.2 Å². The molecule has 0 bridgehead atoms. The zero-order valence-corrected chi connectivity index (χ0v) is 13.1. The molecule has 1 aromatic rings. The summed E-state index contributed by atoms with van der Waals surface area (Å²) in [6.07, 6.45) is 1.86. The van der Waals surface area contributed by atoms with Crippen LogP contribution in [0, 0.1) is 17.2 Å². The van der Waals surface area contributed by atoms with Gasteiger partial charge in [-0.1, -0.05) is 32.0 Å². The predicted molar refractivity (Wildman–Crippen MR) is 81.4 cm³/mol. The Morgan fingerprint density at radius 1 is 1.45 bits per heavy atom. The van der Waals surface area contributed by atoms with E-state index >= 15 is 0 Å². The second-order valence-electron chi connectivity index (χ2n) is 6.90. The van der Waals surface area contributed by atoms with Crippen LogP contribution >= 0.6 is 0 Å². The molecular formula is C17H23FN2O2. The number of nitrogens with two attached hydrogens (primary N) is 1. The largest absolute Gasteiger partial charge is 0.377 e. The Morgan fingerprint density at radius 3 is 2.91 bits per heavy atom. The summed E-state index contributed by atoms with van der Waals surface area (Å²) in [6, 6.07) is 6.43. The summed E-state index contributed by atoms with van der Waals surface area (Å²) in [7, 11) is 0. The molecule has 3 N–H and O–H groups in total. The third-order valence-corrected chi connectivity index (χ3v) is 5.46. The summed E-state index contributed by atoms with van der Waals surface area (Å²) in [5, 5.41) is 2.81. The highest BCUT2D eigenvalue weighted by molar-refractivity contribution is 5.89. The van der Waals surface area contributed by atoms with Gasteiger partial charge < -0.3 is 15.8 Å². The monoisotopic (exact) mass is 306 g/mol.